The second kappa shape index (κ2) is 9.03. The summed E-state index contributed by atoms with van der Waals surface area (Å²) in [5, 5.41) is 3.61. The SMILES string of the molecule is COC(=O)c1ccc(-c2nn(C(=O)c3c(Cl)cccc3C(F)(F)F)c3cccc(F)c23)cc1OC. The minimum absolute atomic E-state index is 0.0539. The van der Waals surface area contributed by atoms with Gasteiger partial charge in [0, 0.05) is 5.56 Å². The van der Waals surface area contributed by atoms with Crippen molar-refractivity contribution in [1.29, 1.82) is 0 Å². The van der Waals surface area contributed by atoms with Crippen molar-refractivity contribution < 1.29 is 36.6 Å². The molecule has 35 heavy (non-hydrogen) atoms. The minimum Gasteiger partial charge on any atom is -0.496 e. The molecular weight excluding hydrogens is 492 g/mol. The Morgan fingerprint density at radius 2 is 1.74 bits per heavy atom. The van der Waals surface area contributed by atoms with Crippen molar-refractivity contribution in [3.63, 3.8) is 0 Å². The summed E-state index contributed by atoms with van der Waals surface area (Å²) in [6.45, 7) is 0. The van der Waals surface area contributed by atoms with Gasteiger partial charge >= 0.3 is 12.1 Å². The first kappa shape index (κ1) is 24.2. The van der Waals surface area contributed by atoms with Crippen molar-refractivity contribution in [3.05, 3.63) is 82.1 Å². The second-order valence-corrected chi connectivity index (χ2v) is 7.67. The van der Waals surface area contributed by atoms with Crippen molar-refractivity contribution >= 4 is 34.4 Å². The number of hydrogen-bond acceptors (Lipinski definition) is 5. The monoisotopic (exact) mass is 506 g/mol. The van der Waals surface area contributed by atoms with Crippen LogP contribution in [0, 0.1) is 5.82 Å². The molecule has 0 radical (unpaired) electrons. The van der Waals surface area contributed by atoms with Crippen LogP contribution < -0.4 is 4.74 Å². The number of carbonyl (C=O) groups is 2. The van der Waals surface area contributed by atoms with Gasteiger partial charge in [0.25, 0.3) is 5.91 Å². The van der Waals surface area contributed by atoms with Crippen LogP contribution in [0.2, 0.25) is 5.02 Å². The summed E-state index contributed by atoms with van der Waals surface area (Å²) in [6.07, 6.45) is -4.87. The highest BCUT2D eigenvalue weighted by molar-refractivity contribution is 6.34. The lowest BCUT2D eigenvalue weighted by molar-refractivity contribution is -0.137. The highest BCUT2D eigenvalue weighted by Gasteiger charge is 2.37. The van der Waals surface area contributed by atoms with Crippen molar-refractivity contribution in [3.8, 4) is 17.0 Å². The van der Waals surface area contributed by atoms with Gasteiger partial charge in [0.2, 0.25) is 0 Å². The molecule has 1 aromatic heterocycles. The van der Waals surface area contributed by atoms with Crippen LogP contribution >= 0.6 is 11.6 Å². The Morgan fingerprint density at radius 3 is 2.40 bits per heavy atom. The number of ether oxygens (including phenoxy) is 2. The number of nitrogens with zero attached hydrogens (tertiary/aromatic N) is 2. The molecule has 3 aromatic carbocycles. The molecule has 0 aliphatic carbocycles. The molecule has 0 N–H and O–H groups in total. The van der Waals surface area contributed by atoms with Gasteiger partial charge in [-0.2, -0.15) is 23.0 Å². The van der Waals surface area contributed by atoms with Crippen LogP contribution in [0.3, 0.4) is 0 Å². The summed E-state index contributed by atoms with van der Waals surface area (Å²) in [6, 6.07) is 10.9. The van der Waals surface area contributed by atoms with E-state index in [1.807, 2.05) is 0 Å². The van der Waals surface area contributed by atoms with E-state index >= 15 is 0 Å². The van der Waals surface area contributed by atoms with Crippen LogP contribution in [0.1, 0.15) is 26.3 Å². The third-order valence-corrected chi connectivity index (χ3v) is 5.58. The topological polar surface area (TPSA) is 70.4 Å². The average molecular weight is 507 g/mol. The maximum Gasteiger partial charge on any atom is 0.417 e. The molecule has 0 saturated carbocycles. The van der Waals surface area contributed by atoms with E-state index < -0.39 is 40.0 Å². The van der Waals surface area contributed by atoms with E-state index in [0.29, 0.717) is 4.68 Å². The van der Waals surface area contributed by atoms with Gasteiger partial charge < -0.3 is 9.47 Å². The first-order chi connectivity index (χ1) is 16.6. The van der Waals surface area contributed by atoms with Crippen LogP contribution in [0.15, 0.2) is 54.6 Å². The molecule has 0 bridgehead atoms. The number of fused-ring (bicyclic) bond motifs is 1. The molecule has 0 fully saturated rings. The smallest absolute Gasteiger partial charge is 0.417 e. The quantitative estimate of drug-likeness (QED) is 0.251. The maximum atomic E-state index is 14.9. The lowest BCUT2D eigenvalue weighted by Crippen LogP contribution is -2.20. The van der Waals surface area contributed by atoms with Crippen LogP contribution in [0.4, 0.5) is 17.6 Å². The standard InChI is InChI=1S/C24H15ClF4N2O4/c1-34-18-11-12(9-10-13(18)23(33)35-2)21-20-16(26)7-4-8-17(20)31(30-21)22(32)19-14(24(27,28)29)5-3-6-15(19)25/h3-11H,1-2H3. The van der Waals surface area contributed by atoms with Gasteiger partial charge in [0.1, 0.15) is 22.8 Å². The van der Waals surface area contributed by atoms with E-state index in [2.05, 4.69) is 5.10 Å². The van der Waals surface area contributed by atoms with Gasteiger partial charge in [0.05, 0.1) is 41.3 Å². The Kier molecular flexibility index (Phi) is 6.25. The second-order valence-electron chi connectivity index (χ2n) is 7.27. The molecule has 6 nitrogen and oxygen atoms in total. The van der Waals surface area contributed by atoms with Crippen molar-refractivity contribution in [2.24, 2.45) is 0 Å². The molecular formula is C24H15ClF4N2O4. The summed E-state index contributed by atoms with van der Waals surface area (Å²) >= 11 is 5.99. The van der Waals surface area contributed by atoms with Gasteiger partial charge in [-0.3, -0.25) is 4.79 Å². The zero-order valence-corrected chi connectivity index (χ0v) is 18.9. The lowest BCUT2D eigenvalue weighted by Gasteiger charge is -2.13. The normalized spacial score (nSPS) is 11.5. The summed E-state index contributed by atoms with van der Waals surface area (Å²) in [7, 11) is 2.50. The van der Waals surface area contributed by atoms with Crippen LogP contribution in [-0.4, -0.2) is 35.9 Å². The number of carbonyl (C=O) groups excluding carboxylic acids is 2. The molecule has 180 valence electrons. The first-order valence-electron chi connectivity index (χ1n) is 9.92. The fraction of sp³-hybridized carbons (Fsp3) is 0.125. The Morgan fingerprint density at radius 1 is 1.03 bits per heavy atom. The van der Waals surface area contributed by atoms with Gasteiger partial charge in [0.15, 0.2) is 0 Å². The fourth-order valence-electron chi connectivity index (χ4n) is 3.69. The number of benzene rings is 3. The highest BCUT2D eigenvalue weighted by atomic mass is 35.5. The predicted octanol–water partition coefficient (Wildman–Crippen LogP) is 6.00. The first-order valence-corrected chi connectivity index (χ1v) is 10.3. The number of esters is 1. The number of hydrogen-bond donors (Lipinski definition) is 0. The number of methoxy groups -OCH3 is 2. The Hall–Kier alpha value is -3.92. The van der Waals surface area contributed by atoms with E-state index in [1.165, 1.54) is 44.6 Å². The Bertz CT molecular complexity index is 1480. The van der Waals surface area contributed by atoms with Gasteiger partial charge in [-0.15, -0.1) is 0 Å². The van der Waals surface area contributed by atoms with E-state index in [9.17, 15) is 27.2 Å². The molecule has 11 heteroatoms. The van der Waals surface area contributed by atoms with E-state index in [4.69, 9.17) is 21.1 Å². The number of aromatic nitrogens is 2. The summed E-state index contributed by atoms with van der Waals surface area (Å²) in [5.74, 6) is -2.54. The largest absolute Gasteiger partial charge is 0.496 e. The molecule has 0 atom stereocenters. The van der Waals surface area contributed by atoms with E-state index in [-0.39, 0.29) is 33.5 Å². The van der Waals surface area contributed by atoms with Crippen molar-refractivity contribution in [2.45, 2.75) is 6.18 Å². The molecule has 4 rings (SSSR count). The molecule has 0 aliphatic heterocycles. The number of rotatable bonds is 4. The molecule has 1 heterocycles. The van der Waals surface area contributed by atoms with Crippen LogP contribution in [0.5, 0.6) is 5.75 Å². The predicted molar refractivity (Wildman–Crippen MR) is 119 cm³/mol. The van der Waals surface area contributed by atoms with Crippen molar-refractivity contribution in [2.75, 3.05) is 14.2 Å². The number of alkyl halides is 3. The van der Waals surface area contributed by atoms with Gasteiger partial charge in [-0.1, -0.05) is 29.8 Å². The zero-order valence-electron chi connectivity index (χ0n) is 18.1. The molecule has 0 unspecified atom stereocenters. The summed E-state index contributed by atoms with van der Waals surface area (Å²) < 4.78 is 66.4. The van der Waals surface area contributed by atoms with Crippen LogP contribution in [0.25, 0.3) is 22.2 Å². The number of halogens is 5. The Labute approximate surface area is 200 Å². The minimum atomic E-state index is -4.87. The van der Waals surface area contributed by atoms with Gasteiger partial charge in [-0.05, 0) is 36.4 Å². The third-order valence-electron chi connectivity index (χ3n) is 5.26. The molecule has 0 aliphatic rings. The van der Waals surface area contributed by atoms with Gasteiger partial charge in [-0.25, -0.2) is 9.18 Å². The van der Waals surface area contributed by atoms with E-state index in [1.54, 1.807) is 0 Å². The molecule has 0 amide bonds. The molecule has 0 spiro atoms. The average Bonchev–Trinajstić information content (AvgIpc) is 3.23. The fourth-order valence-corrected chi connectivity index (χ4v) is 3.94. The van der Waals surface area contributed by atoms with Crippen LogP contribution in [-0.2, 0) is 10.9 Å². The summed E-state index contributed by atoms with van der Waals surface area (Å²) in [4.78, 5) is 25.3. The third kappa shape index (κ3) is 4.21. The highest BCUT2D eigenvalue weighted by Crippen LogP contribution is 2.37. The molecule has 4 aromatic rings. The molecule has 0 saturated heterocycles. The Balaban J connectivity index is 1.97. The lowest BCUT2D eigenvalue weighted by atomic mass is 10.0. The zero-order chi connectivity index (χ0) is 25.5. The maximum absolute atomic E-state index is 14.9. The van der Waals surface area contributed by atoms with Crippen molar-refractivity contribution in [1.82, 2.24) is 9.78 Å². The summed E-state index contributed by atoms with van der Waals surface area (Å²) in [5.41, 5.74) is -1.87. The van der Waals surface area contributed by atoms with E-state index in [0.717, 1.165) is 24.3 Å².